The molecule has 1 aliphatic heterocycles. The molecule has 1 N–H and O–H groups in total. The first kappa shape index (κ1) is 24.2. The van der Waals surface area contributed by atoms with Gasteiger partial charge in [0.2, 0.25) is 17.6 Å². The van der Waals surface area contributed by atoms with Crippen LogP contribution >= 0.6 is 23.2 Å². The molecule has 0 aliphatic carbocycles. The molecule has 8 nitrogen and oxygen atoms in total. The number of hydrogen-bond acceptors (Lipinski definition) is 7. The van der Waals surface area contributed by atoms with Crippen LogP contribution in [0.2, 0.25) is 10.0 Å². The van der Waals surface area contributed by atoms with Crippen LogP contribution in [0.3, 0.4) is 0 Å². The Morgan fingerprint density at radius 1 is 1.18 bits per heavy atom. The van der Waals surface area contributed by atoms with Crippen molar-refractivity contribution in [1.82, 2.24) is 15.0 Å². The van der Waals surface area contributed by atoms with E-state index in [9.17, 15) is 9.59 Å². The summed E-state index contributed by atoms with van der Waals surface area (Å²) in [6, 6.07) is 12.0. The average Bonchev–Trinajstić information content (AvgIpc) is 3.29. The van der Waals surface area contributed by atoms with Gasteiger partial charge in [-0.3, -0.25) is 9.69 Å². The third-order valence-corrected chi connectivity index (χ3v) is 6.15. The number of piperidine rings is 1. The molecule has 4 rings (SSSR count). The van der Waals surface area contributed by atoms with Gasteiger partial charge in [0.15, 0.2) is 0 Å². The van der Waals surface area contributed by atoms with Gasteiger partial charge in [-0.25, -0.2) is 4.79 Å². The molecule has 1 amide bonds. The van der Waals surface area contributed by atoms with Crippen molar-refractivity contribution in [2.45, 2.75) is 26.3 Å². The molecule has 2 aromatic carbocycles. The summed E-state index contributed by atoms with van der Waals surface area (Å²) < 4.78 is 10.4. The van der Waals surface area contributed by atoms with Gasteiger partial charge in [-0.1, -0.05) is 40.5 Å². The number of amides is 1. The van der Waals surface area contributed by atoms with E-state index in [1.54, 1.807) is 31.2 Å². The van der Waals surface area contributed by atoms with Crippen LogP contribution in [0.4, 0.5) is 5.69 Å². The lowest BCUT2D eigenvalue weighted by molar-refractivity contribution is -0.121. The maximum atomic E-state index is 12.8. The molecule has 0 saturated carbocycles. The fraction of sp³-hybridized carbons (Fsp3) is 0.333. The second-order valence-electron chi connectivity index (χ2n) is 7.98. The van der Waals surface area contributed by atoms with Crippen molar-refractivity contribution in [3.05, 3.63) is 64.0 Å². The maximum Gasteiger partial charge on any atom is 0.338 e. The third-order valence-electron chi connectivity index (χ3n) is 5.61. The number of carbonyl (C=O) groups is 2. The summed E-state index contributed by atoms with van der Waals surface area (Å²) in [5, 5.41) is 7.82. The molecule has 34 heavy (non-hydrogen) atoms. The van der Waals surface area contributed by atoms with Gasteiger partial charge in [0.25, 0.3) is 0 Å². The van der Waals surface area contributed by atoms with Gasteiger partial charge in [0.05, 0.1) is 29.4 Å². The predicted molar refractivity (Wildman–Crippen MR) is 129 cm³/mol. The smallest absolute Gasteiger partial charge is 0.338 e. The number of likely N-dealkylation sites (tertiary alicyclic amines) is 1. The van der Waals surface area contributed by atoms with Crippen LogP contribution in [0.25, 0.3) is 11.4 Å². The van der Waals surface area contributed by atoms with E-state index < -0.39 is 5.97 Å². The number of aromatic nitrogens is 2. The van der Waals surface area contributed by atoms with Crippen LogP contribution in [0, 0.1) is 5.92 Å². The number of anilines is 1. The van der Waals surface area contributed by atoms with Crippen LogP contribution in [0.5, 0.6) is 0 Å². The van der Waals surface area contributed by atoms with E-state index in [1.165, 1.54) is 6.07 Å². The molecule has 10 heteroatoms. The predicted octanol–water partition coefficient (Wildman–Crippen LogP) is 5.07. The summed E-state index contributed by atoms with van der Waals surface area (Å²) in [5.74, 6) is 0.341. The summed E-state index contributed by atoms with van der Waals surface area (Å²) in [6.07, 6.45) is 1.39. The molecule has 0 spiro atoms. The normalized spacial score (nSPS) is 14.7. The van der Waals surface area contributed by atoms with Gasteiger partial charge in [0, 0.05) is 16.5 Å². The molecule has 3 aromatic rings. The number of carbonyl (C=O) groups excluding carboxylic acids is 2. The molecule has 2 heterocycles. The lowest BCUT2D eigenvalue weighted by atomic mass is 9.96. The minimum Gasteiger partial charge on any atom is -0.462 e. The average molecular weight is 503 g/mol. The Balaban J connectivity index is 1.28. The maximum absolute atomic E-state index is 12.8. The zero-order valence-corrected chi connectivity index (χ0v) is 20.1. The SMILES string of the molecule is CCOC(=O)c1ccc(NC(=O)C2CCN(Cc3nc(-c4cccc(Cl)c4)no3)CC2)c(Cl)c1. The van der Waals surface area contributed by atoms with Crippen molar-refractivity contribution in [3.63, 3.8) is 0 Å². The second-order valence-corrected chi connectivity index (χ2v) is 8.82. The lowest BCUT2D eigenvalue weighted by Crippen LogP contribution is -2.37. The topological polar surface area (TPSA) is 97.6 Å². The number of benzene rings is 2. The summed E-state index contributed by atoms with van der Waals surface area (Å²) >= 11 is 12.3. The molecule has 178 valence electrons. The molecule has 1 aromatic heterocycles. The number of nitrogens with zero attached hydrogens (tertiary/aromatic N) is 3. The Morgan fingerprint density at radius 3 is 2.68 bits per heavy atom. The molecule has 0 bridgehead atoms. The Bertz CT molecular complexity index is 1180. The molecule has 0 radical (unpaired) electrons. The van der Waals surface area contributed by atoms with Crippen molar-refractivity contribution in [2.24, 2.45) is 5.92 Å². The highest BCUT2D eigenvalue weighted by molar-refractivity contribution is 6.34. The Kier molecular flexibility index (Phi) is 7.82. The first-order valence-corrected chi connectivity index (χ1v) is 11.8. The van der Waals surface area contributed by atoms with Gasteiger partial charge in [-0.15, -0.1) is 0 Å². The largest absolute Gasteiger partial charge is 0.462 e. The van der Waals surface area contributed by atoms with Crippen molar-refractivity contribution >= 4 is 40.8 Å². The van der Waals surface area contributed by atoms with E-state index >= 15 is 0 Å². The molecular weight excluding hydrogens is 479 g/mol. The Morgan fingerprint density at radius 2 is 1.97 bits per heavy atom. The summed E-state index contributed by atoms with van der Waals surface area (Å²) in [5.41, 5.74) is 1.62. The van der Waals surface area contributed by atoms with Gasteiger partial charge in [-0.2, -0.15) is 4.98 Å². The first-order chi connectivity index (χ1) is 16.4. The first-order valence-electron chi connectivity index (χ1n) is 11.0. The number of halogens is 2. The number of nitrogens with one attached hydrogen (secondary N) is 1. The number of rotatable bonds is 7. The van der Waals surface area contributed by atoms with E-state index in [-0.39, 0.29) is 18.4 Å². The molecule has 1 fully saturated rings. The highest BCUT2D eigenvalue weighted by atomic mass is 35.5. The quantitative estimate of drug-likeness (QED) is 0.450. The summed E-state index contributed by atoms with van der Waals surface area (Å²) in [6.45, 7) is 3.98. The summed E-state index contributed by atoms with van der Waals surface area (Å²) in [4.78, 5) is 31.2. The van der Waals surface area contributed by atoms with Gasteiger partial charge >= 0.3 is 5.97 Å². The second kappa shape index (κ2) is 11.0. The molecule has 0 unspecified atom stereocenters. The van der Waals surface area contributed by atoms with Crippen molar-refractivity contribution in [2.75, 3.05) is 25.0 Å². The monoisotopic (exact) mass is 502 g/mol. The van der Waals surface area contributed by atoms with E-state index in [0.29, 0.717) is 52.4 Å². The minimum atomic E-state index is -0.449. The molecule has 1 saturated heterocycles. The van der Waals surface area contributed by atoms with Crippen LogP contribution in [0.15, 0.2) is 47.0 Å². The fourth-order valence-electron chi connectivity index (χ4n) is 3.80. The van der Waals surface area contributed by atoms with Crippen LogP contribution in [0.1, 0.15) is 36.0 Å². The van der Waals surface area contributed by atoms with Gasteiger partial charge < -0.3 is 14.6 Å². The van der Waals surface area contributed by atoms with Crippen molar-refractivity contribution in [3.8, 4) is 11.4 Å². The van der Waals surface area contributed by atoms with Crippen molar-refractivity contribution < 1.29 is 18.8 Å². The van der Waals surface area contributed by atoms with Gasteiger partial charge in [-0.05, 0) is 63.2 Å². The highest BCUT2D eigenvalue weighted by Gasteiger charge is 2.26. The van der Waals surface area contributed by atoms with Gasteiger partial charge in [0.1, 0.15) is 0 Å². The zero-order valence-electron chi connectivity index (χ0n) is 18.6. The van der Waals surface area contributed by atoms with Crippen LogP contribution in [-0.2, 0) is 16.1 Å². The highest BCUT2D eigenvalue weighted by Crippen LogP contribution is 2.27. The minimum absolute atomic E-state index is 0.0912. The summed E-state index contributed by atoms with van der Waals surface area (Å²) in [7, 11) is 0. The van der Waals surface area contributed by atoms with E-state index in [0.717, 1.165) is 18.7 Å². The van der Waals surface area contributed by atoms with E-state index in [4.69, 9.17) is 32.5 Å². The number of ether oxygens (including phenoxy) is 1. The Labute approximate surface area is 207 Å². The van der Waals surface area contributed by atoms with Crippen LogP contribution in [-0.4, -0.2) is 46.6 Å². The standard InChI is InChI=1S/C24H24Cl2N4O4/c1-2-33-24(32)17-6-7-20(19(26)13-17)27-23(31)15-8-10-30(11-9-15)14-21-28-22(29-34-21)16-4-3-5-18(25)12-16/h3-7,12-13,15H,2,8-11,14H2,1H3,(H,27,31). The molecule has 1 aliphatic rings. The fourth-order valence-corrected chi connectivity index (χ4v) is 4.22. The lowest BCUT2D eigenvalue weighted by Gasteiger charge is -2.30. The van der Waals surface area contributed by atoms with E-state index in [2.05, 4.69) is 20.4 Å². The number of esters is 1. The van der Waals surface area contributed by atoms with Crippen molar-refractivity contribution in [1.29, 1.82) is 0 Å². The number of hydrogen-bond donors (Lipinski definition) is 1. The van der Waals surface area contributed by atoms with E-state index in [1.807, 2.05) is 12.1 Å². The molecule has 0 atom stereocenters. The van der Waals surface area contributed by atoms with Crippen LogP contribution < -0.4 is 5.32 Å². The third kappa shape index (κ3) is 5.94. The zero-order chi connectivity index (χ0) is 24.1. The molecular formula is C24H24Cl2N4O4. The Hall–Kier alpha value is -2.94.